The Balaban J connectivity index is 2.54. The van der Waals surface area contributed by atoms with Gasteiger partial charge in [0.2, 0.25) is 0 Å². The molecule has 0 saturated carbocycles. The highest BCUT2D eigenvalue weighted by Crippen LogP contribution is 2.05. The van der Waals surface area contributed by atoms with Gasteiger partial charge in [-0.25, -0.2) is 24.4 Å². The third-order valence-electron chi connectivity index (χ3n) is 2.12. The number of hydrogen-bond acceptors (Lipinski definition) is 3. The number of nitrogens with zero attached hydrogens (tertiary/aromatic N) is 1. The topological polar surface area (TPSA) is 96.7 Å². The smallest absolute Gasteiger partial charge is 0.320 e. The maximum absolute atomic E-state index is 11.4. The third-order valence-corrected chi connectivity index (χ3v) is 2.12. The van der Waals surface area contributed by atoms with E-state index in [1.165, 1.54) is 0 Å². The molecule has 1 heterocycles. The highest BCUT2D eigenvalue weighted by molar-refractivity contribution is 5.43. The van der Waals surface area contributed by atoms with E-state index in [1.54, 1.807) is 24.3 Å². The zero-order chi connectivity index (χ0) is 12.3. The van der Waals surface area contributed by atoms with E-state index in [4.69, 9.17) is 5.73 Å². The number of H-pyrrole nitrogens is 2. The zero-order valence-electron chi connectivity index (χ0n) is 8.86. The fourth-order valence-electron chi connectivity index (χ4n) is 1.42. The molecule has 6 nitrogen and oxygen atoms in total. The number of nitrogens with one attached hydrogen (secondary N) is 2. The molecule has 17 heavy (non-hydrogen) atoms. The first kappa shape index (κ1) is 11.0. The Labute approximate surface area is 96.1 Å². The van der Waals surface area contributed by atoms with Crippen molar-refractivity contribution in [3.8, 4) is 17.5 Å². The normalized spacial score (nSPS) is 9.71. The minimum atomic E-state index is -0.515. The number of aromatic amines is 2. The van der Waals surface area contributed by atoms with Crippen molar-refractivity contribution >= 4 is 0 Å². The van der Waals surface area contributed by atoms with Gasteiger partial charge in [-0.15, -0.1) is 0 Å². The van der Waals surface area contributed by atoms with Crippen molar-refractivity contribution in [3.63, 3.8) is 0 Å². The van der Waals surface area contributed by atoms with E-state index in [2.05, 4.69) is 22.0 Å². The van der Waals surface area contributed by atoms with E-state index >= 15 is 0 Å². The standard InChI is InChI=1S/C11H10N4O2/c12-6-2-4-8-3-1-5-9(7-8)15-10(16)13-14-11(15)17/h1,3,5,7H,6,12H2,(H,13,16)(H,14,17). The first-order chi connectivity index (χ1) is 8.22. The van der Waals surface area contributed by atoms with Crippen molar-refractivity contribution in [1.29, 1.82) is 0 Å². The lowest BCUT2D eigenvalue weighted by atomic mass is 10.2. The number of hydrogen-bond donors (Lipinski definition) is 3. The second kappa shape index (κ2) is 4.55. The second-order valence-corrected chi connectivity index (χ2v) is 3.25. The molecule has 0 aliphatic heterocycles. The molecule has 1 aromatic heterocycles. The minimum Gasteiger partial charge on any atom is -0.320 e. The van der Waals surface area contributed by atoms with Gasteiger partial charge in [-0.2, -0.15) is 0 Å². The van der Waals surface area contributed by atoms with E-state index in [-0.39, 0.29) is 6.54 Å². The van der Waals surface area contributed by atoms with Gasteiger partial charge in [-0.3, -0.25) is 0 Å². The average Bonchev–Trinajstić information content (AvgIpc) is 2.67. The zero-order valence-corrected chi connectivity index (χ0v) is 8.86. The summed E-state index contributed by atoms with van der Waals surface area (Å²) in [6, 6.07) is 6.79. The molecule has 0 saturated heterocycles. The van der Waals surface area contributed by atoms with E-state index in [0.717, 1.165) is 4.57 Å². The van der Waals surface area contributed by atoms with Crippen molar-refractivity contribution in [3.05, 3.63) is 50.8 Å². The number of nitrogens with two attached hydrogens (primary N) is 1. The predicted octanol–water partition coefficient (Wildman–Crippen LogP) is -0.836. The molecule has 2 aromatic rings. The molecule has 0 bridgehead atoms. The van der Waals surface area contributed by atoms with Crippen LogP contribution in [0.3, 0.4) is 0 Å². The Morgan fingerprint density at radius 3 is 2.59 bits per heavy atom. The maximum Gasteiger partial charge on any atom is 0.348 e. The van der Waals surface area contributed by atoms with E-state index < -0.39 is 11.4 Å². The molecule has 86 valence electrons. The summed E-state index contributed by atoms with van der Waals surface area (Å²) >= 11 is 0. The Morgan fingerprint density at radius 1 is 1.24 bits per heavy atom. The van der Waals surface area contributed by atoms with Crippen LogP contribution in [0.2, 0.25) is 0 Å². The van der Waals surface area contributed by atoms with Crippen LogP contribution in [0.5, 0.6) is 0 Å². The van der Waals surface area contributed by atoms with Gasteiger partial charge in [0.25, 0.3) is 0 Å². The van der Waals surface area contributed by atoms with Crippen LogP contribution in [0.25, 0.3) is 5.69 Å². The molecule has 0 amide bonds. The fourth-order valence-corrected chi connectivity index (χ4v) is 1.42. The van der Waals surface area contributed by atoms with Crippen LogP contribution in [0.1, 0.15) is 5.56 Å². The van der Waals surface area contributed by atoms with Crippen LogP contribution >= 0.6 is 0 Å². The van der Waals surface area contributed by atoms with Crippen molar-refractivity contribution in [2.45, 2.75) is 0 Å². The SMILES string of the molecule is NCC#Cc1cccc(-n2c(=O)[nH][nH]c2=O)c1. The van der Waals surface area contributed by atoms with Gasteiger partial charge in [0.1, 0.15) is 0 Å². The van der Waals surface area contributed by atoms with Crippen LogP contribution < -0.4 is 17.1 Å². The van der Waals surface area contributed by atoms with Crippen LogP contribution in [-0.4, -0.2) is 21.3 Å². The predicted molar refractivity (Wildman–Crippen MR) is 62.9 cm³/mol. The lowest BCUT2D eigenvalue weighted by molar-refractivity contribution is 0.951. The quantitative estimate of drug-likeness (QED) is 0.557. The van der Waals surface area contributed by atoms with Crippen molar-refractivity contribution in [2.75, 3.05) is 6.54 Å². The largest absolute Gasteiger partial charge is 0.348 e. The van der Waals surface area contributed by atoms with E-state index in [9.17, 15) is 9.59 Å². The molecule has 0 aliphatic carbocycles. The molecule has 0 spiro atoms. The minimum absolute atomic E-state index is 0.259. The van der Waals surface area contributed by atoms with Crippen LogP contribution in [-0.2, 0) is 0 Å². The first-order valence-corrected chi connectivity index (χ1v) is 4.91. The van der Waals surface area contributed by atoms with Gasteiger partial charge in [0.15, 0.2) is 0 Å². The van der Waals surface area contributed by atoms with Gasteiger partial charge in [0.05, 0.1) is 12.2 Å². The molecule has 0 atom stereocenters. The van der Waals surface area contributed by atoms with Gasteiger partial charge >= 0.3 is 11.4 Å². The number of rotatable bonds is 1. The second-order valence-electron chi connectivity index (χ2n) is 3.25. The Bertz CT molecular complexity index is 669. The Morgan fingerprint density at radius 2 is 1.94 bits per heavy atom. The lowest BCUT2D eigenvalue weighted by Gasteiger charge is -1.99. The molecule has 0 radical (unpaired) electrons. The molecule has 4 N–H and O–H groups in total. The summed E-state index contributed by atoms with van der Waals surface area (Å²) in [6.45, 7) is 0.259. The third kappa shape index (κ3) is 2.19. The average molecular weight is 230 g/mol. The molecule has 0 fully saturated rings. The van der Waals surface area contributed by atoms with Gasteiger partial charge in [0, 0.05) is 5.56 Å². The summed E-state index contributed by atoms with van der Waals surface area (Å²) in [6.07, 6.45) is 0. The summed E-state index contributed by atoms with van der Waals surface area (Å²) in [5, 5.41) is 4.42. The molecular formula is C11H10N4O2. The molecule has 2 rings (SSSR count). The van der Waals surface area contributed by atoms with E-state index in [0.29, 0.717) is 11.3 Å². The van der Waals surface area contributed by atoms with Crippen LogP contribution in [0.4, 0.5) is 0 Å². The van der Waals surface area contributed by atoms with Gasteiger partial charge < -0.3 is 5.73 Å². The summed E-state index contributed by atoms with van der Waals surface area (Å²) < 4.78 is 0.994. The molecule has 0 unspecified atom stereocenters. The monoisotopic (exact) mass is 230 g/mol. The molecule has 0 aliphatic rings. The Hall–Kier alpha value is -2.52. The summed E-state index contributed by atoms with van der Waals surface area (Å²) in [5.74, 6) is 5.54. The van der Waals surface area contributed by atoms with Crippen molar-refractivity contribution < 1.29 is 0 Å². The Kier molecular flexibility index (Phi) is 2.94. The lowest BCUT2D eigenvalue weighted by Crippen LogP contribution is -2.24. The van der Waals surface area contributed by atoms with Gasteiger partial charge in [-0.1, -0.05) is 17.9 Å². The molecule has 1 aromatic carbocycles. The number of benzene rings is 1. The van der Waals surface area contributed by atoms with Crippen LogP contribution in [0.15, 0.2) is 33.9 Å². The summed E-state index contributed by atoms with van der Waals surface area (Å²) in [5.41, 5.74) is 5.39. The highest BCUT2D eigenvalue weighted by atomic mass is 16.2. The van der Waals surface area contributed by atoms with Crippen LogP contribution in [0, 0.1) is 11.8 Å². The van der Waals surface area contributed by atoms with E-state index in [1.807, 2.05) is 0 Å². The summed E-state index contributed by atoms with van der Waals surface area (Å²) in [7, 11) is 0. The first-order valence-electron chi connectivity index (χ1n) is 4.91. The molecule has 6 heteroatoms. The number of aromatic nitrogens is 3. The highest BCUT2D eigenvalue weighted by Gasteiger charge is 2.05. The van der Waals surface area contributed by atoms with Crippen molar-refractivity contribution in [2.24, 2.45) is 5.73 Å². The fraction of sp³-hybridized carbons (Fsp3) is 0.0909. The van der Waals surface area contributed by atoms with Crippen molar-refractivity contribution in [1.82, 2.24) is 14.8 Å². The summed E-state index contributed by atoms with van der Waals surface area (Å²) in [4.78, 5) is 22.8. The molecular weight excluding hydrogens is 220 g/mol. The van der Waals surface area contributed by atoms with Gasteiger partial charge in [-0.05, 0) is 18.2 Å². The maximum atomic E-state index is 11.4.